The van der Waals surface area contributed by atoms with Crippen molar-refractivity contribution in [2.75, 3.05) is 19.1 Å². The second-order valence-corrected chi connectivity index (χ2v) is 7.58. The van der Waals surface area contributed by atoms with E-state index < -0.39 is 6.04 Å². The fraction of sp³-hybridized carbons (Fsp3) is 0.391. The van der Waals surface area contributed by atoms with E-state index >= 15 is 0 Å². The molecule has 0 bridgehead atoms. The molecule has 4 rings (SSSR count). The maximum atomic E-state index is 13.1. The lowest BCUT2D eigenvalue weighted by molar-refractivity contribution is -0.129. The zero-order chi connectivity index (χ0) is 20.4. The third-order valence-corrected chi connectivity index (χ3v) is 5.67. The predicted molar refractivity (Wildman–Crippen MR) is 110 cm³/mol. The summed E-state index contributed by atoms with van der Waals surface area (Å²) in [5.74, 6) is 1.06. The van der Waals surface area contributed by atoms with Crippen LogP contribution in [-0.2, 0) is 9.59 Å². The third kappa shape index (κ3) is 3.92. The average Bonchev–Trinajstić information content (AvgIpc) is 3.57. The van der Waals surface area contributed by atoms with Gasteiger partial charge in [0, 0.05) is 23.7 Å². The van der Waals surface area contributed by atoms with Crippen LogP contribution in [0, 0.1) is 5.92 Å². The molecule has 0 aromatic heterocycles. The fourth-order valence-electron chi connectivity index (χ4n) is 4.02. The van der Waals surface area contributed by atoms with Crippen LogP contribution in [0.4, 0.5) is 5.69 Å². The number of hydrogen-bond donors (Lipinski definition) is 1. The van der Waals surface area contributed by atoms with E-state index in [0.717, 1.165) is 29.8 Å². The van der Waals surface area contributed by atoms with Gasteiger partial charge >= 0.3 is 0 Å². The van der Waals surface area contributed by atoms with Gasteiger partial charge in [-0.2, -0.15) is 0 Å². The quantitative estimate of drug-likeness (QED) is 0.815. The van der Waals surface area contributed by atoms with Gasteiger partial charge in [-0.15, -0.1) is 0 Å². The van der Waals surface area contributed by atoms with E-state index in [2.05, 4.69) is 5.32 Å². The molecule has 2 fully saturated rings. The number of ether oxygens (including phenoxy) is 2. The van der Waals surface area contributed by atoms with Crippen LogP contribution in [0.3, 0.4) is 0 Å². The number of rotatable bonds is 6. The van der Waals surface area contributed by atoms with Crippen molar-refractivity contribution in [3.05, 3.63) is 54.1 Å². The number of piperidine rings is 1. The minimum absolute atomic E-state index is 0.00143. The Kier molecular flexibility index (Phi) is 5.43. The zero-order valence-electron chi connectivity index (χ0n) is 16.8. The van der Waals surface area contributed by atoms with Crippen LogP contribution in [0.2, 0.25) is 0 Å². The molecule has 1 saturated carbocycles. The molecule has 1 N–H and O–H groups in total. The molecule has 6 heteroatoms. The molecule has 2 aromatic carbocycles. The van der Waals surface area contributed by atoms with Gasteiger partial charge in [0.05, 0.1) is 26.2 Å². The Labute approximate surface area is 170 Å². The Morgan fingerprint density at radius 1 is 1.00 bits per heavy atom. The Morgan fingerprint density at radius 2 is 1.72 bits per heavy atom. The molecule has 1 aliphatic carbocycles. The molecule has 29 heavy (non-hydrogen) atoms. The Balaban J connectivity index is 1.78. The second-order valence-electron chi connectivity index (χ2n) is 7.58. The normalized spacial score (nSPS) is 21.6. The number of amides is 2. The van der Waals surface area contributed by atoms with Gasteiger partial charge in [0.25, 0.3) is 0 Å². The summed E-state index contributed by atoms with van der Waals surface area (Å²) in [4.78, 5) is 27.9. The summed E-state index contributed by atoms with van der Waals surface area (Å²) < 4.78 is 10.8. The molecule has 2 aliphatic rings. The molecular weight excluding hydrogens is 368 g/mol. The number of para-hydroxylation sites is 1. The topological polar surface area (TPSA) is 67.9 Å². The van der Waals surface area contributed by atoms with Crippen LogP contribution in [0.1, 0.15) is 37.3 Å². The van der Waals surface area contributed by atoms with Gasteiger partial charge in [-0.05, 0) is 49.6 Å². The predicted octanol–water partition coefficient (Wildman–Crippen LogP) is 3.47. The van der Waals surface area contributed by atoms with Crippen LogP contribution in [0.25, 0.3) is 0 Å². The zero-order valence-corrected chi connectivity index (χ0v) is 16.8. The number of methoxy groups -OCH3 is 2. The first-order chi connectivity index (χ1) is 14.1. The molecule has 1 saturated heterocycles. The summed E-state index contributed by atoms with van der Waals surface area (Å²) in [6.07, 6.45) is 2.91. The average molecular weight is 394 g/mol. The summed E-state index contributed by atoms with van der Waals surface area (Å²) in [7, 11) is 3.22. The SMILES string of the molecule is COc1ccc(N2C(=O)CCC(C(=O)NC3CC3)C2c2ccccc2OC)cc1. The van der Waals surface area contributed by atoms with Gasteiger partial charge in [0.2, 0.25) is 11.8 Å². The Morgan fingerprint density at radius 3 is 2.38 bits per heavy atom. The van der Waals surface area contributed by atoms with Crippen LogP contribution in [0.15, 0.2) is 48.5 Å². The Hall–Kier alpha value is -3.02. The summed E-state index contributed by atoms with van der Waals surface area (Å²) >= 11 is 0. The summed E-state index contributed by atoms with van der Waals surface area (Å²) in [5, 5.41) is 3.13. The molecule has 2 unspecified atom stereocenters. The van der Waals surface area contributed by atoms with Gasteiger partial charge in [-0.25, -0.2) is 0 Å². The van der Waals surface area contributed by atoms with Gasteiger partial charge in [0.1, 0.15) is 11.5 Å². The highest BCUT2D eigenvalue weighted by Crippen LogP contribution is 2.43. The van der Waals surface area contributed by atoms with Crippen molar-refractivity contribution in [3.63, 3.8) is 0 Å². The highest BCUT2D eigenvalue weighted by atomic mass is 16.5. The molecule has 0 radical (unpaired) electrons. The number of benzene rings is 2. The van der Waals surface area contributed by atoms with E-state index in [1.165, 1.54) is 0 Å². The third-order valence-electron chi connectivity index (χ3n) is 5.67. The van der Waals surface area contributed by atoms with Crippen molar-refractivity contribution in [1.29, 1.82) is 0 Å². The van der Waals surface area contributed by atoms with E-state index in [-0.39, 0.29) is 23.8 Å². The minimum atomic E-state index is -0.431. The van der Waals surface area contributed by atoms with Gasteiger partial charge in [-0.3, -0.25) is 9.59 Å². The van der Waals surface area contributed by atoms with Gasteiger partial charge < -0.3 is 19.7 Å². The molecular formula is C23H26N2O4. The van der Waals surface area contributed by atoms with Crippen LogP contribution >= 0.6 is 0 Å². The monoisotopic (exact) mass is 394 g/mol. The lowest BCUT2D eigenvalue weighted by Gasteiger charge is -2.41. The first-order valence-corrected chi connectivity index (χ1v) is 10.0. The van der Waals surface area contributed by atoms with E-state index in [0.29, 0.717) is 18.6 Å². The van der Waals surface area contributed by atoms with Crippen LogP contribution in [0.5, 0.6) is 11.5 Å². The molecule has 1 aliphatic heterocycles. The largest absolute Gasteiger partial charge is 0.497 e. The van der Waals surface area contributed by atoms with Crippen molar-refractivity contribution < 1.29 is 19.1 Å². The van der Waals surface area contributed by atoms with E-state index in [1.54, 1.807) is 19.1 Å². The molecule has 2 atom stereocenters. The van der Waals surface area contributed by atoms with E-state index in [4.69, 9.17) is 9.47 Å². The number of carbonyl (C=O) groups is 2. The summed E-state index contributed by atoms with van der Waals surface area (Å²) in [6.45, 7) is 0. The molecule has 0 spiro atoms. The molecule has 152 valence electrons. The van der Waals surface area contributed by atoms with Gasteiger partial charge in [-0.1, -0.05) is 18.2 Å². The highest BCUT2D eigenvalue weighted by Gasteiger charge is 2.43. The van der Waals surface area contributed by atoms with Gasteiger partial charge in [0.15, 0.2) is 0 Å². The first-order valence-electron chi connectivity index (χ1n) is 10.0. The summed E-state index contributed by atoms with van der Waals surface area (Å²) in [6, 6.07) is 14.8. The van der Waals surface area contributed by atoms with Crippen molar-refractivity contribution in [2.45, 2.75) is 37.8 Å². The Bertz CT molecular complexity index is 892. The molecule has 2 aromatic rings. The molecule has 2 amide bonds. The number of nitrogens with one attached hydrogen (secondary N) is 1. The number of anilines is 1. The minimum Gasteiger partial charge on any atom is -0.497 e. The lowest BCUT2D eigenvalue weighted by Crippen LogP contribution is -2.48. The van der Waals surface area contributed by atoms with Crippen molar-refractivity contribution in [3.8, 4) is 11.5 Å². The van der Waals surface area contributed by atoms with Crippen LogP contribution < -0.4 is 19.7 Å². The van der Waals surface area contributed by atoms with Crippen LogP contribution in [-0.4, -0.2) is 32.1 Å². The second kappa shape index (κ2) is 8.15. The lowest BCUT2D eigenvalue weighted by atomic mass is 9.82. The van der Waals surface area contributed by atoms with Crippen molar-refractivity contribution in [1.82, 2.24) is 5.32 Å². The van der Waals surface area contributed by atoms with Crippen molar-refractivity contribution >= 4 is 17.5 Å². The van der Waals surface area contributed by atoms with Crippen molar-refractivity contribution in [2.24, 2.45) is 5.92 Å². The van der Waals surface area contributed by atoms with E-state index in [9.17, 15) is 9.59 Å². The number of nitrogens with zero attached hydrogens (tertiary/aromatic N) is 1. The standard InChI is InChI=1S/C23H26N2O4/c1-28-17-11-9-16(10-12-17)25-21(26)14-13-19(23(27)24-15-7-8-15)22(25)18-5-3-4-6-20(18)29-2/h3-6,9-12,15,19,22H,7-8,13-14H2,1-2H3,(H,24,27). The smallest absolute Gasteiger partial charge is 0.227 e. The highest BCUT2D eigenvalue weighted by molar-refractivity contribution is 5.97. The summed E-state index contributed by atoms with van der Waals surface area (Å²) in [5.41, 5.74) is 1.59. The number of carbonyl (C=O) groups excluding carboxylic acids is 2. The maximum Gasteiger partial charge on any atom is 0.227 e. The maximum absolute atomic E-state index is 13.1. The number of hydrogen-bond acceptors (Lipinski definition) is 4. The molecule has 1 heterocycles. The molecule has 6 nitrogen and oxygen atoms in total. The first kappa shape index (κ1) is 19.3. The van der Waals surface area contributed by atoms with E-state index in [1.807, 2.05) is 48.5 Å². The fourth-order valence-corrected chi connectivity index (χ4v) is 4.02.